The summed E-state index contributed by atoms with van der Waals surface area (Å²) in [6, 6.07) is 43.0. The molecular formula is C39H38Cl2GeHf. The molecule has 216 valence electrons. The van der Waals surface area contributed by atoms with Gasteiger partial charge < -0.3 is 0 Å². The van der Waals surface area contributed by atoms with Gasteiger partial charge in [0.2, 0.25) is 0 Å². The topological polar surface area (TPSA) is 0 Å². The summed E-state index contributed by atoms with van der Waals surface area (Å²) >= 11 is -2.65. The maximum absolute atomic E-state index is 3.99. The first kappa shape index (κ1) is 32.0. The van der Waals surface area contributed by atoms with Gasteiger partial charge in [0.1, 0.15) is 0 Å². The monoisotopic (exact) mass is 830 g/mol. The normalized spacial score (nSPS) is 15.3. The third-order valence-electron chi connectivity index (χ3n) is 9.93. The average molecular weight is 829 g/mol. The first-order valence-corrected chi connectivity index (χ1v) is 38.4. The van der Waals surface area contributed by atoms with Crippen LogP contribution in [0.25, 0.3) is 32.7 Å². The van der Waals surface area contributed by atoms with Crippen molar-refractivity contribution in [3.63, 3.8) is 0 Å². The molecule has 0 nitrogen and oxygen atoms in total. The SMILES string of the molecule is CC1=[C]([Hf]([CH3])(=[GeH2])([C]2=C(C)C=C(c3cccc4ccccc34)C2)[c]2ccccc2)CC(c2cccc3ccccc23)=C1.Cl.Cl. The minimum Gasteiger partial charge on any atom is -0.147 e. The van der Waals surface area contributed by atoms with Gasteiger partial charge in [0, 0.05) is 0 Å². The molecule has 4 heteroatoms. The van der Waals surface area contributed by atoms with Gasteiger partial charge in [-0.3, -0.25) is 0 Å². The molecule has 5 aromatic carbocycles. The van der Waals surface area contributed by atoms with Crippen LogP contribution >= 0.6 is 24.8 Å². The van der Waals surface area contributed by atoms with E-state index in [1.165, 1.54) is 67.2 Å². The zero-order valence-corrected chi connectivity index (χ0v) is 33.3. The van der Waals surface area contributed by atoms with Crippen molar-refractivity contribution in [3.8, 4) is 0 Å². The second kappa shape index (κ2) is 12.2. The van der Waals surface area contributed by atoms with E-state index in [0.717, 1.165) is 12.8 Å². The molecule has 2 aliphatic rings. The molecule has 0 atom stereocenters. The summed E-state index contributed by atoms with van der Waals surface area (Å²) in [5.41, 5.74) is 8.80. The first-order chi connectivity index (χ1) is 19.8. The Kier molecular flexibility index (Phi) is 9.05. The van der Waals surface area contributed by atoms with Crippen molar-refractivity contribution >= 4 is 73.0 Å². The minimum absolute atomic E-state index is 0. The van der Waals surface area contributed by atoms with Crippen LogP contribution in [0.3, 0.4) is 0 Å². The standard InChI is InChI=1S/2C16H13.C6H5.CH3.2ClH.GeH2.Hf/c2*1-12-9-10-14(11-12)16-8-4-6-13-5-2-3-7-15(13)16;1-2-4-6-5-3-1;;;;;/h2*2-8,11H,10H2,1H3;1-5H;1H3;2*1H;1H2;. The van der Waals surface area contributed by atoms with Gasteiger partial charge in [-0.25, -0.2) is 0 Å². The number of hydrogen-bond donors (Lipinski definition) is 0. The van der Waals surface area contributed by atoms with E-state index in [1.807, 2.05) is 0 Å². The second-order valence-electron chi connectivity index (χ2n) is 12.4. The molecule has 0 aromatic heterocycles. The van der Waals surface area contributed by atoms with E-state index >= 15 is 0 Å². The number of halogens is 2. The Hall–Kier alpha value is -2.43. The molecule has 0 unspecified atom stereocenters. The first-order valence-electron chi connectivity index (χ1n) is 14.7. The van der Waals surface area contributed by atoms with Crippen LogP contribution in [-0.4, -0.2) is 12.2 Å². The van der Waals surface area contributed by atoms with E-state index in [1.54, 1.807) is 9.98 Å². The average Bonchev–Trinajstić information content (AvgIpc) is 3.61. The predicted octanol–water partition coefficient (Wildman–Crippen LogP) is 10.3. The van der Waals surface area contributed by atoms with E-state index in [-0.39, 0.29) is 24.8 Å². The van der Waals surface area contributed by atoms with Crippen molar-refractivity contribution in [1.82, 2.24) is 0 Å². The van der Waals surface area contributed by atoms with Crippen molar-refractivity contribution in [3.05, 3.63) is 156 Å². The molecule has 0 bridgehead atoms. The quantitative estimate of drug-likeness (QED) is 0.155. The summed E-state index contributed by atoms with van der Waals surface area (Å²) < 4.78 is 7.95. The molecule has 0 saturated carbocycles. The van der Waals surface area contributed by atoms with Crippen LogP contribution in [0.2, 0.25) is 4.68 Å². The van der Waals surface area contributed by atoms with Crippen LogP contribution in [0.4, 0.5) is 0 Å². The molecule has 0 N–H and O–H groups in total. The molecule has 0 amide bonds. The molecule has 2 aliphatic carbocycles. The summed E-state index contributed by atoms with van der Waals surface area (Å²) in [6.45, 7) is 4.80. The molecule has 0 saturated heterocycles. The molecule has 7 rings (SSSR count). The Morgan fingerprint density at radius 1 is 0.512 bits per heavy atom. The number of allylic oxidation sites excluding steroid dienone is 8. The molecular weight excluding hydrogens is 790 g/mol. The molecule has 0 spiro atoms. The third-order valence-corrected chi connectivity index (χ3v) is 54.3. The maximum atomic E-state index is 2.77. The number of fused-ring (bicyclic) bond motifs is 2. The summed E-state index contributed by atoms with van der Waals surface area (Å²) in [6.07, 6.45) is 7.19. The van der Waals surface area contributed by atoms with E-state index < -0.39 is 15.4 Å². The Labute approximate surface area is 273 Å². The van der Waals surface area contributed by atoms with Crippen molar-refractivity contribution in [2.45, 2.75) is 31.4 Å². The molecule has 0 fully saturated rings. The molecule has 5 aromatic rings. The van der Waals surface area contributed by atoms with E-state index in [2.05, 4.69) is 146 Å². The van der Waals surface area contributed by atoms with Crippen LogP contribution in [-0.2, 0) is 15.4 Å². The fourth-order valence-electron chi connectivity index (χ4n) is 7.78. The fourth-order valence-corrected chi connectivity index (χ4v) is 46.4. The van der Waals surface area contributed by atoms with Crippen molar-refractivity contribution in [2.24, 2.45) is 0 Å². The largest absolute Gasteiger partial charge is 0.147 e. The van der Waals surface area contributed by atoms with Gasteiger partial charge >= 0.3 is 251 Å². The van der Waals surface area contributed by atoms with Gasteiger partial charge in [-0.05, 0) is 0 Å². The Balaban J connectivity index is 0.00000184. The number of benzene rings is 5. The van der Waals surface area contributed by atoms with Crippen molar-refractivity contribution in [1.29, 1.82) is 0 Å². The van der Waals surface area contributed by atoms with Crippen LogP contribution in [0, 0.1) is 0 Å². The Morgan fingerprint density at radius 2 is 0.907 bits per heavy atom. The smallest absolute Gasteiger partial charge is 0.147 e. The van der Waals surface area contributed by atoms with Gasteiger partial charge in [-0.1, -0.05) is 0 Å². The molecule has 0 heterocycles. The van der Waals surface area contributed by atoms with Crippen LogP contribution in [0.15, 0.2) is 145 Å². The molecule has 0 aliphatic heterocycles. The van der Waals surface area contributed by atoms with E-state index in [9.17, 15) is 0 Å². The zero-order chi connectivity index (χ0) is 28.2. The fraction of sp³-hybridized carbons (Fsp3) is 0.128. The van der Waals surface area contributed by atoms with Crippen LogP contribution in [0.1, 0.15) is 37.8 Å². The summed E-state index contributed by atoms with van der Waals surface area (Å²) in [7, 11) is 0. The summed E-state index contributed by atoms with van der Waals surface area (Å²) in [5, 5.41) is 5.38. The maximum Gasteiger partial charge on any atom is -0.147 e. The predicted molar refractivity (Wildman–Crippen MR) is 193 cm³/mol. The van der Waals surface area contributed by atoms with E-state index in [0.29, 0.717) is 0 Å². The second-order valence-corrected chi connectivity index (χ2v) is 63.6. The molecule has 43 heavy (non-hydrogen) atoms. The minimum atomic E-state index is -3.99. The Morgan fingerprint density at radius 3 is 1.37 bits per heavy atom. The Bertz CT molecular complexity index is 1950. The molecule has 0 radical (unpaired) electrons. The van der Waals surface area contributed by atoms with Crippen LogP contribution in [0.5, 0.6) is 0 Å². The van der Waals surface area contributed by atoms with Gasteiger partial charge in [-0.15, -0.1) is 24.8 Å². The summed E-state index contributed by atoms with van der Waals surface area (Å²) in [5.74, 6) is 0. The van der Waals surface area contributed by atoms with Gasteiger partial charge in [-0.2, -0.15) is 0 Å². The number of hydrogen-bond acceptors (Lipinski definition) is 0. The van der Waals surface area contributed by atoms with Gasteiger partial charge in [0.15, 0.2) is 0 Å². The van der Waals surface area contributed by atoms with Crippen molar-refractivity contribution < 1.29 is 15.4 Å². The summed E-state index contributed by atoms with van der Waals surface area (Å²) in [4.78, 5) is 0. The van der Waals surface area contributed by atoms with Gasteiger partial charge in [0.25, 0.3) is 0 Å². The van der Waals surface area contributed by atoms with Gasteiger partial charge in [0.05, 0.1) is 0 Å². The van der Waals surface area contributed by atoms with E-state index in [4.69, 9.17) is 0 Å². The van der Waals surface area contributed by atoms with Crippen molar-refractivity contribution in [2.75, 3.05) is 0 Å². The van der Waals surface area contributed by atoms with Crippen LogP contribution < -0.4 is 3.32 Å². The number of rotatable bonds is 5. The zero-order valence-electron chi connectivity index (χ0n) is 25.1. The third kappa shape index (κ3) is 5.21.